The molecule has 0 aliphatic carbocycles. The fourth-order valence-corrected chi connectivity index (χ4v) is 7.86. The highest BCUT2D eigenvalue weighted by Crippen LogP contribution is 2.42. The van der Waals surface area contributed by atoms with Crippen molar-refractivity contribution < 1.29 is 37.9 Å². The zero-order valence-electron chi connectivity index (χ0n) is 41.7. The van der Waals surface area contributed by atoms with Gasteiger partial charge in [-0.1, -0.05) is 202 Å². The Hall–Kier alpha value is -2.55. The van der Waals surface area contributed by atoms with Gasteiger partial charge in [0.15, 0.2) is 0 Å². The summed E-state index contributed by atoms with van der Waals surface area (Å²) >= 11 is 0. The topological polar surface area (TPSA) is 131 Å². The predicted octanol–water partition coefficient (Wildman–Crippen LogP) is 15.8. The molecule has 0 aliphatic rings. The number of amides is 1. The van der Waals surface area contributed by atoms with Gasteiger partial charge in [-0.3, -0.25) is 18.6 Å². The van der Waals surface area contributed by atoms with Crippen LogP contribution >= 0.6 is 7.82 Å². The maximum Gasteiger partial charge on any atom is 0.472 e. The van der Waals surface area contributed by atoms with Gasteiger partial charge in [-0.25, -0.2) is 4.57 Å². The van der Waals surface area contributed by atoms with Gasteiger partial charge >= 0.3 is 13.8 Å². The molecule has 0 aromatic heterocycles. The molecule has 0 heterocycles. The molecule has 0 bridgehead atoms. The van der Waals surface area contributed by atoms with Crippen molar-refractivity contribution in [1.82, 2.24) is 5.32 Å². The van der Waals surface area contributed by atoms with Crippen molar-refractivity contribution >= 4 is 19.7 Å². The summed E-state index contributed by atoms with van der Waals surface area (Å²) in [4.78, 5) is 34.1. The number of esters is 1. The molecule has 0 aliphatic heterocycles. The third-order valence-electron chi connectivity index (χ3n) is 11.1. The van der Waals surface area contributed by atoms with Crippen LogP contribution in [0.15, 0.2) is 72.9 Å². The lowest BCUT2D eigenvalue weighted by molar-refractivity contribution is -0.147. The van der Waals surface area contributed by atoms with E-state index in [0.29, 0.717) is 6.42 Å². The van der Waals surface area contributed by atoms with Gasteiger partial charge in [0, 0.05) is 19.4 Å². The second-order valence-electron chi connectivity index (χ2n) is 17.5. The van der Waals surface area contributed by atoms with E-state index >= 15 is 0 Å². The summed E-state index contributed by atoms with van der Waals surface area (Å²) in [6.07, 6.45) is 64.1. The van der Waals surface area contributed by atoms with Crippen molar-refractivity contribution in [2.75, 3.05) is 26.4 Å². The van der Waals surface area contributed by atoms with Crippen molar-refractivity contribution in [3.8, 4) is 0 Å². The first-order valence-electron chi connectivity index (χ1n) is 26.4. The Balaban J connectivity index is 3.59. The monoisotopic (exact) mass is 932 g/mol. The standard InChI is InChI=1S/C55H98NO8P/c1-3-5-7-9-11-13-15-17-19-21-23-25-26-28-29-31-33-35-37-39-41-43-45-47-54(58)56-49-50-63-65(60,61)64-52-53(57)51-62-55(59)48-46-44-42-40-38-36-34-32-30-27-24-22-20-18-16-14-12-10-8-6-4-2/h11-14,17-20,23,25,28-29,53,57H,3-10,15-16,21-22,24,26-27,30-52H2,1-2H3,(H,56,58)(H,60,61)/b13-11-,14-12-,19-17-,20-18-,25-23-,29-28-. The Morgan fingerprint density at radius 2 is 0.831 bits per heavy atom. The van der Waals surface area contributed by atoms with Crippen molar-refractivity contribution in [3.05, 3.63) is 72.9 Å². The summed E-state index contributed by atoms with van der Waals surface area (Å²) in [5.41, 5.74) is 0. The summed E-state index contributed by atoms with van der Waals surface area (Å²) < 4.78 is 27.0. The second-order valence-corrected chi connectivity index (χ2v) is 18.9. The lowest BCUT2D eigenvalue weighted by atomic mass is 10.0. The molecule has 2 atom stereocenters. The van der Waals surface area contributed by atoms with Crippen molar-refractivity contribution in [2.45, 2.75) is 238 Å². The number of nitrogens with one attached hydrogen (secondary N) is 1. The lowest BCUT2D eigenvalue weighted by Crippen LogP contribution is -2.27. The van der Waals surface area contributed by atoms with Crippen molar-refractivity contribution in [1.29, 1.82) is 0 Å². The van der Waals surface area contributed by atoms with Crippen molar-refractivity contribution in [2.24, 2.45) is 0 Å². The molecule has 65 heavy (non-hydrogen) atoms. The average Bonchev–Trinajstić information content (AvgIpc) is 3.29. The van der Waals surface area contributed by atoms with Gasteiger partial charge in [-0.05, 0) is 89.9 Å². The number of aliphatic hydroxyl groups is 1. The van der Waals surface area contributed by atoms with Crippen LogP contribution in [0, 0.1) is 0 Å². The minimum absolute atomic E-state index is 0.0723. The third kappa shape index (κ3) is 52.3. The van der Waals surface area contributed by atoms with E-state index in [1.165, 1.54) is 135 Å². The number of ether oxygens (including phenoxy) is 1. The summed E-state index contributed by atoms with van der Waals surface area (Å²) in [6, 6.07) is 0. The van der Waals surface area contributed by atoms with E-state index in [-0.39, 0.29) is 32.1 Å². The van der Waals surface area contributed by atoms with Crippen LogP contribution in [-0.2, 0) is 27.9 Å². The molecule has 0 fully saturated rings. The molecular weight excluding hydrogens is 834 g/mol. The molecule has 0 saturated heterocycles. The number of aliphatic hydroxyl groups excluding tert-OH is 1. The molecule has 3 N–H and O–H groups in total. The largest absolute Gasteiger partial charge is 0.472 e. The molecule has 0 rings (SSSR count). The van der Waals surface area contributed by atoms with Crippen LogP contribution in [0.1, 0.15) is 232 Å². The van der Waals surface area contributed by atoms with E-state index in [2.05, 4.69) is 92.1 Å². The third-order valence-corrected chi connectivity index (χ3v) is 12.1. The number of phosphoric acid groups is 1. The normalized spacial score (nSPS) is 13.7. The lowest BCUT2D eigenvalue weighted by Gasteiger charge is -2.15. The second kappa shape index (κ2) is 50.9. The van der Waals surface area contributed by atoms with E-state index < -0.39 is 26.5 Å². The van der Waals surface area contributed by atoms with E-state index in [4.69, 9.17) is 13.8 Å². The molecule has 0 spiro atoms. The fourth-order valence-electron chi connectivity index (χ4n) is 7.10. The first-order chi connectivity index (χ1) is 31.8. The highest BCUT2D eigenvalue weighted by molar-refractivity contribution is 7.47. The quantitative estimate of drug-likeness (QED) is 0.0238. The SMILES string of the molecule is CCCCC/C=C\C/C=C\C/C=C\C/C=C\CCCCCCCCCC(=O)NCCOP(=O)(O)OCC(O)COC(=O)CCCCCCCCCCCCC/C=C\C/C=C\CCCCC. The molecule has 376 valence electrons. The van der Waals surface area contributed by atoms with Gasteiger partial charge in [-0.15, -0.1) is 0 Å². The number of hydrogen-bond acceptors (Lipinski definition) is 7. The number of unbranched alkanes of at least 4 members (excludes halogenated alkanes) is 24. The highest BCUT2D eigenvalue weighted by Gasteiger charge is 2.23. The highest BCUT2D eigenvalue weighted by atomic mass is 31.2. The van der Waals surface area contributed by atoms with Crippen LogP contribution in [0.5, 0.6) is 0 Å². The Bertz CT molecular complexity index is 1290. The van der Waals surface area contributed by atoms with E-state index in [1.807, 2.05) is 0 Å². The molecule has 2 unspecified atom stereocenters. The molecule has 1 amide bonds. The molecular formula is C55H98NO8P. The minimum atomic E-state index is -4.43. The number of phosphoric ester groups is 1. The maximum atomic E-state index is 12.2. The number of allylic oxidation sites excluding steroid dienone is 12. The van der Waals surface area contributed by atoms with Crippen LogP contribution in [0.4, 0.5) is 0 Å². The van der Waals surface area contributed by atoms with Crippen LogP contribution in [0.2, 0.25) is 0 Å². The van der Waals surface area contributed by atoms with Gasteiger partial charge in [-0.2, -0.15) is 0 Å². The first kappa shape index (κ1) is 62.4. The summed E-state index contributed by atoms with van der Waals surface area (Å²) in [5.74, 6) is -0.528. The van der Waals surface area contributed by atoms with Crippen LogP contribution in [0.25, 0.3) is 0 Å². The van der Waals surface area contributed by atoms with E-state index in [9.17, 15) is 24.2 Å². The van der Waals surface area contributed by atoms with Gasteiger partial charge in [0.25, 0.3) is 0 Å². The number of hydrogen-bond donors (Lipinski definition) is 3. The number of carbonyl (C=O) groups is 2. The van der Waals surface area contributed by atoms with Crippen LogP contribution < -0.4 is 5.32 Å². The molecule has 0 aromatic rings. The number of rotatable bonds is 49. The summed E-state index contributed by atoms with van der Waals surface area (Å²) in [7, 11) is -4.43. The van der Waals surface area contributed by atoms with Gasteiger partial charge in [0.2, 0.25) is 5.91 Å². The van der Waals surface area contributed by atoms with Crippen LogP contribution in [0.3, 0.4) is 0 Å². The summed E-state index contributed by atoms with van der Waals surface area (Å²) in [5, 5.41) is 12.8. The molecule has 10 heteroatoms. The van der Waals surface area contributed by atoms with E-state index in [0.717, 1.165) is 70.6 Å². The van der Waals surface area contributed by atoms with Gasteiger partial charge in [0.1, 0.15) is 12.7 Å². The molecule has 9 nitrogen and oxygen atoms in total. The van der Waals surface area contributed by atoms with E-state index in [1.54, 1.807) is 0 Å². The van der Waals surface area contributed by atoms with Crippen LogP contribution in [-0.4, -0.2) is 54.3 Å². The Labute approximate surface area is 399 Å². The number of carbonyl (C=O) groups excluding carboxylic acids is 2. The van der Waals surface area contributed by atoms with Gasteiger partial charge < -0.3 is 20.1 Å². The molecule has 0 radical (unpaired) electrons. The Morgan fingerprint density at radius 1 is 0.477 bits per heavy atom. The first-order valence-corrected chi connectivity index (χ1v) is 27.9. The Morgan fingerprint density at radius 3 is 1.25 bits per heavy atom. The zero-order chi connectivity index (χ0) is 47.4. The molecule has 0 saturated carbocycles. The Kier molecular flexibility index (Phi) is 48.9. The average molecular weight is 932 g/mol. The zero-order valence-corrected chi connectivity index (χ0v) is 42.6. The maximum absolute atomic E-state index is 12.2. The fraction of sp³-hybridized carbons (Fsp3) is 0.745. The summed E-state index contributed by atoms with van der Waals surface area (Å²) in [6.45, 7) is 3.50. The van der Waals surface area contributed by atoms with Crippen molar-refractivity contribution in [3.63, 3.8) is 0 Å². The predicted molar refractivity (Wildman–Crippen MR) is 275 cm³/mol. The van der Waals surface area contributed by atoms with Gasteiger partial charge in [0.05, 0.1) is 13.2 Å². The molecule has 0 aromatic carbocycles. The minimum Gasteiger partial charge on any atom is -0.463 e. The smallest absolute Gasteiger partial charge is 0.463 e.